The Hall–Kier alpha value is -2.51. The molecule has 0 saturated heterocycles. The summed E-state index contributed by atoms with van der Waals surface area (Å²) < 4.78 is 0. The van der Waals surface area contributed by atoms with E-state index in [1.807, 2.05) is 38.1 Å². The zero-order valence-corrected chi connectivity index (χ0v) is 14.5. The van der Waals surface area contributed by atoms with E-state index < -0.39 is 0 Å². The highest BCUT2D eigenvalue weighted by atomic mass is 32.2. The minimum absolute atomic E-state index is 0.125. The summed E-state index contributed by atoms with van der Waals surface area (Å²) >= 11 is 1.51. The molecule has 0 unspecified atom stereocenters. The molecule has 0 heterocycles. The number of carbonyl (C=O) groups is 1. The van der Waals surface area contributed by atoms with Gasteiger partial charge in [-0.2, -0.15) is 5.10 Å². The van der Waals surface area contributed by atoms with E-state index in [2.05, 4.69) is 5.10 Å². The molecule has 2 aromatic carbocycles. The topological polar surface area (TPSA) is 105 Å². The van der Waals surface area contributed by atoms with Crippen molar-refractivity contribution >= 4 is 28.9 Å². The number of nitrogens with zero attached hydrogens (tertiary/aromatic N) is 2. The van der Waals surface area contributed by atoms with Gasteiger partial charge in [-0.05, 0) is 36.9 Å². The number of hydrazone groups is 1. The molecule has 0 atom stereocenters. The molecule has 128 valence electrons. The second-order valence-electron chi connectivity index (χ2n) is 4.76. The molecule has 2 rings (SSSR count). The number of nitrogens with two attached hydrogens (primary N) is 2. The van der Waals surface area contributed by atoms with Crippen molar-refractivity contribution in [3.05, 3.63) is 59.7 Å². The summed E-state index contributed by atoms with van der Waals surface area (Å²) in [6.45, 7) is 4.06. The summed E-state index contributed by atoms with van der Waals surface area (Å²) in [6.07, 6.45) is 0.694. The lowest BCUT2D eigenvalue weighted by atomic mass is 10.2. The van der Waals surface area contributed by atoms with Crippen LogP contribution in [-0.2, 0) is 0 Å². The van der Waals surface area contributed by atoms with E-state index in [1.54, 1.807) is 12.1 Å². The first-order valence-electron chi connectivity index (χ1n) is 7.28. The van der Waals surface area contributed by atoms with Gasteiger partial charge in [0.15, 0.2) is 0 Å². The molecule has 6 nitrogen and oxygen atoms in total. The van der Waals surface area contributed by atoms with Crippen molar-refractivity contribution in [1.82, 2.24) is 0 Å². The Labute approximate surface area is 146 Å². The first-order chi connectivity index (χ1) is 11.5. The fourth-order valence-corrected chi connectivity index (χ4v) is 2.29. The summed E-state index contributed by atoms with van der Waals surface area (Å²) in [7, 11) is 0. The van der Waals surface area contributed by atoms with Crippen LogP contribution < -0.4 is 16.7 Å². The van der Waals surface area contributed by atoms with Crippen molar-refractivity contribution in [3.8, 4) is 5.75 Å². The van der Waals surface area contributed by atoms with Gasteiger partial charge in [-0.1, -0.05) is 48.5 Å². The normalized spacial score (nSPS) is 10.5. The van der Waals surface area contributed by atoms with E-state index in [1.165, 1.54) is 34.5 Å². The minimum Gasteiger partial charge on any atom is -0.508 e. The van der Waals surface area contributed by atoms with Crippen molar-refractivity contribution in [2.75, 3.05) is 10.8 Å². The second-order valence-corrected chi connectivity index (χ2v) is 5.99. The van der Waals surface area contributed by atoms with E-state index in [9.17, 15) is 4.79 Å². The third kappa shape index (κ3) is 6.31. The van der Waals surface area contributed by atoms with Crippen LogP contribution in [0.5, 0.6) is 5.75 Å². The van der Waals surface area contributed by atoms with Crippen molar-refractivity contribution in [3.63, 3.8) is 0 Å². The number of thioether (sulfide) groups is 1. The molecule has 5 N–H and O–H groups in total. The number of aryl methyl sites for hydroxylation is 1. The first-order valence-corrected chi connectivity index (χ1v) is 8.26. The molecule has 0 spiro atoms. The van der Waals surface area contributed by atoms with Gasteiger partial charge in [0.2, 0.25) is 5.17 Å². The molecule has 0 aliphatic heterocycles. The van der Waals surface area contributed by atoms with Gasteiger partial charge in [-0.25, -0.2) is 5.84 Å². The molecular weight excluding hydrogens is 324 g/mol. The molecule has 0 bridgehead atoms. The van der Waals surface area contributed by atoms with Gasteiger partial charge in [-0.15, -0.1) is 0 Å². The van der Waals surface area contributed by atoms with Crippen LogP contribution in [-0.4, -0.2) is 22.3 Å². The Balaban J connectivity index is 0.000000272. The molecule has 0 saturated carbocycles. The maximum atomic E-state index is 10.0. The molecule has 0 fully saturated rings. The average molecular weight is 346 g/mol. The summed E-state index contributed by atoms with van der Waals surface area (Å²) in [4.78, 5) is 10.0. The maximum Gasteiger partial charge on any atom is 0.201 e. The average Bonchev–Trinajstić information content (AvgIpc) is 2.60. The molecular formula is C17H22N4O2S. The SMILES string of the molecule is CCS/C(=N/N)N(N)c1ccc(C)cc1.O=Cc1cccc(O)c1. The van der Waals surface area contributed by atoms with Crippen molar-refractivity contribution in [2.24, 2.45) is 16.8 Å². The molecule has 0 aliphatic carbocycles. The summed E-state index contributed by atoms with van der Waals surface area (Å²) in [5.41, 5.74) is 2.57. The van der Waals surface area contributed by atoms with Gasteiger partial charge < -0.3 is 10.9 Å². The lowest BCUT2D eigenvalue weighted by molar-refractivity contribution is 0.112. The van der Waals surface area contributed by atoms with Gasteiger partial charge in [0.05, 0.1) is 5.69 Å². The highest BCUT2D eigenvalue weighted by Gasteiger charge is 2.08. The van der Waals surface area contributed by atoms with Gasteiger partial charge in [0.25, 0.3) is 0 Å². The number of phenolic OH excluding ortho intramolecular Hbond substituents is 1. The van der Waals surface area contributed by atoms with Crippen LogP contribution >= 0.6 is 11.8 Å². The monoisotopic (exact) mass is 346 g/mol. The van der Waals surface area contributed by atoms with Crippen molar-refractivity contribution < 1.29 is 9.90 Å². The van der Waals surface area contributed by atoms with Crippen LogP contribution in [0.4, 0.5) is 5.69 Å². The van der Waals surface area contributed by atoms with Crippen LogP contribution in [0.25, 0.3) is 0 Å². The Morgan fingerprint density at radius 3 is 2.42 bits per heavy atom. The number of aldehydes is 1. The smallest absolute Gasteiger partial charge is 0.201 e. The number of amidine groups is 1. The Bertz CT molecular complexity index is 675. The predicted molar refractivity (Wildman–Crippen MR) is 101 cm³/mol. The number of rotatable bonds is 3. The number of anilines is 1. The summed E-state index contributed by atoms with van der Waals surface area (Å²) in [5, 5.41) is 14.5. The number of hydrazine groups is 1. The Morgan fingerprint density at radius 2 is 1.96 bits per heavy atom. The first kappa shape index (κ1) is 19.5. The van der Waals surface area contributed by atoms with Crippen molar-refractivity contribution in [1.29, 1.82) is 0 Å². The van der Waals surface area contributed by atoms with E-state index >= 15 is 0 Å². The molecule has 0 amide bonds. The summed E-state index contributed by atoms with van der Waals surface area (Å²) in [5.74, 6) is 12.2. The highest BCUT2D eigenvalue weighted by Crippen LogP contribution is 2.16. The molecule has 24 heavy (non-hydrogen) atoms. The van der Waals surface area contributed by atoms with E-state index in [0.717, 1.165) is 11.4 Å². The van der Waals surface area contributed by atoms with Crippen LogP contribution in [0.1, 0.15) is 22.8 Å². The molecule has 0 aliphatic rings. The van der Waals surface area contributed by atoms with Crippen LogP contribution in [0, 0.1) is 6.92 Å². The third-order valence-corrected chi connectivity index (χ3v) is 3.76. The van der Waals surface area contributed by atoms with E-state index in [0.29, 0.717) is 17.0 Å². The maximum absolute atomic E-state index is 10.0. The number of phenols is 1. The van der Waals surface area contributed by atoms with Crippen molar-refractivity contribution in [2.45, 2.75) is 13.8 Å². The lowest BCUT2D eigenvalue weighted by Crippen LogP contribution is -2.36. The molecule has 7 heteroatoms. The lowest BCUT2D eigenvalue weighted by Gasteiger charge is -2.18. The molecule has 2 aromatic rings. The number of hydrogen-bond acceptors (Lipinski definition) is 6. The highest BCUT2D eigenvalue weighted by molar-refractivity contribution is 8.14. The quantitative estimate of drug-likeness (QED) is 0.259. The zero-order valence-electron chi connectivity index (χ0n) is 13.7. The number of aromatic hydroxyl groups is 1. The fourth-order valence-electron chi connectivity index (χ4n) is 1.71. The molecule has 0 radical (unpaired) electrons. The second kappa shape index (κ2) is 10.3. The molecule has 0 aromatic heterocycles. The van der Waals surface area contributed by atoms with Crippen LogP contribution in [0.3, 0.4) is 0 Å². The van der Waals surface area contributed by atoms with Crippen LogP contribution in [0.15, 0.2) is 53.6 Å². The van der Waals surface area contributed by atoms with Crippen LogP contribution in [0.2, 0.25) is 0 Å². The largest absolute Gasteiger partial charge is 0.508 e. The Morgan fingerprint density at radius 1 is 1.29 bits per heavy atom. The van der Waals surface area contributed by atoms with E-state index in [4.69, 9.17) is 16.8 Å². The minimum atomic E-state index is 0.125. The third-order valence-electron chi connectivity index (χ3n) is 2.91. The standard InChI is InChI=1S/C10H16N4S.C7H6O2/c1-3-15-10(13-11)14(12)9-6-4-8(2)5-7-9;8-5-6-2-1-3-7(9)4-6/h4-7H,3,11-12H2,1-2H3;1-5,9H/b13-10+;. The number of carbonyl (C=O) groups excluding carboxylic acids is 1. The zero-order chi connectivity index (χ0) is 17.9. The fraction of sp³-hybridized carbons (Fsp3) is 0.176. The summed E-state index contributed by atoms with van der Waals surface area (Å²) in [6, 6.07) is 14.1. The predicted octanol–water partition coefficient (Wildman–Crippen LogP) is 2.86. The van der Waals surface area contributed by atoms with Gasteiger partial charge in [0.1, 0.15) is 12.0 Å². The van der Waals surface area contributed by atoms with Gasteiger partial charge >= 0.3 is 0 Å². The number of benzene rings is 2. The van der Waals surface area contributed by atoms with Gasteiger partial charge in [0, 0.05) is 5.56 Å². The van der Waals surface area contributed by atoms with E-state index in [-0.39, 0.29) is 5.75 Å². The Kier molecular flexibility index (Phi) is 8.38. The van der Waals surface area contributed by atoms with Gasteiger partial charge in [-0.3, -0.25) is 9.80 Å². The number of hydrogen-bond donors (Lipinski definition) is 3.